The van der Waals surface area contributed by atoms with Gasteiger partial charge in [0, 0.05) is 24.7 Å². The molecule has 0 spiro atoms. The largest absolute Gasteiger partial charge is 0.315 e. The van der Waals surface area contributed by atoms with Gasteiger partial charge in [-0.15, -0.1) is 0 Å². The zero-order valence-electron chi connectivity index (χ0n) is 12.3. The first-order valence-corrected chi connectivity index (χ1v) is 7.74. The lowest BCUT2D eigenvalue weighted by Crippen LogP contribution is -2.29. The molecule has 0 radical (unpaired) electrons. The van der Waals surface area contributed by atoms with Crippen molar-refractivity contribution in [3.63, 3.8) is 0 Å². The second kappa shape index (κ2) is 10.2. The Morgan fingerprint density at radius 3 is 2.74 bits per heavy atom. The highest BCUT2D eigenvalue weighted by atomic mass is 35.5. The molecule has 3 heteroatoms. The van der Waals surface area contributed by atoms with E-state index in [1.165, 1.54) is 31.2 Å². The molecule has 0 atom stereocenters. The summed E-state index contributed by atoms with van der Waals surface area (Å²) in [4.78, 5) is 2.32. The summed E-state index contributed by atoms with van der Waals surface area (Å²) in [5.41, 5.74) is 1.28. The van der Waals surface area contributed by atoms with Crippen LogP contribution < -0.4 is 5.32 Å². The van der Waals surface area contributed by atoms with Crippen molar-refractivity contribution in [2.45, 2.75) is 39.2 Å². The zero-order valence-corrected chi connectivity index (χ0v) is 13.0. The standard InChI is InChI=1S/C16H27ClN2/c1-3-4-5-6-10-18-11-12-19(2)14-15-8-7-9-16(17)13-15/h7-9,13,18H,3-6,10-12,14H2,1-2H3. The molecular weight excluding hydrogens is 256 g/mol. The molecule has 19 heavy (non-hydrogen) atoms. The van der Waals surface area contributed by atoms with Gasteiger partial charge in [0.1, 0.15) is 0 Å². The summed E-state index contributed by atoms with van der Waals surface area (Å²) in [6.45, 7) is 6.48. The third kappa shape index (κ3) is 8.25. The summed E-state index contributed by atoms with van der Waals surface area (Å²) < 4.78 is 0. The van der Waals surface area contributed by atoms with E-state index in [0.717, 1.165) is 31.2 Å². The van der Waals surface area contributed by atoms with Crippen LogP contribution in [0.5, 0.6) is 0 Å². The third-order valence-electron chi connectivity index (χ3n) is 3.22. The molecule has 0 aliphatic carbocycles. The lowest BCUT2D eigenvalue weighted by molar-refractivity contribution is 0.324. The van der Waals surface area contributed by atoms with Crippen molar-refractivity contribution in [3.05, 3.63) is 34.9 Å². The molecule has 0 amide bonds. The smallest absolute Gasteiger partial charge is 0.0409 e. The van der Waals surface area contributed by atoms with Gasteiger partial charge in [-0.3, -0.25) is 0 Å². The van der Waals surface area contributed by atoms with Gasteiger partial charge in [0.25, 0.3) is 0 Å². The fourth-order valence-electron chi connectivity index (χ4n) is 2.10. The molecule has 0 saturated heterocycles. The zero-order chi connectivity index (χ0) is 13.9. The van der Waals surface area contributed by atoms with E-state index in [1.807, 2.05) is 18.2 Å². The molecule has 108 valence electrons. The minimum Gasteiger partial charge on any atom is -0.315 e. The Morgan fingerprint density at radius 2 is 2.00 bits per heavy atom. The van der Waals surface area contributed by atoms with Crippen LogP contribution >= 0.6 is 11.6 Å². The molecule has 0 heterocycles. The summed E-state index contributed by atoms with van der Waals surface area (Å²) in [5.74, 6) is 0. The van der Waals surface area contributed by atoms with Crippen LogP contribution in [0.1, 0.15) is 38.2 Å². The average molecular weight is 283 g/mol. The molecule has 0 fully saturated rings. The fourth-order valence-corrected chi connectivity index (χ4v) is 2.31. The van der Waals surface area contributed by atoms with Crippen molar-refractivity contribution in [3.8, 4) is 0 Å². The van der Waals surface area contributed by atoms with Gasteiger partial charge in [0.15, 0.2) is 0 Å². The van der Waals surface area contributed by atoms with Crippen molar-refractivity contribution in [1.29, 1.82) is 0 Å². The number of hydrogen-bond donors (Lipinski definition) is 1. The van der Waals surface area contributed by atoms with Gasteiger partial charge in [-0.2, -0.15) is 0 Å². The molecule has 0 saturated carbocycles. The van der Waals surface area contributed by atoms with Gasteiger partial charge in [-0.05, 0) is 37.7 Å². The first kappa shape index (κ1) is 16.5. The Hall–Kier alpha value is -0.570. The predicted octanol–water partition coefficient (Wildman–Crippen LogP) is 3.94. The van der Waals surface area contributed by atoms with Crippen LogP contribution in [0.4, 0.5) is 0 Å². The number of halogens is 1. The summed E-state index contributed by atoms with van der Waals surface area (Å²) in [7, 11) is 2.15. The maximum atomic E-state index is 5.98. The second-order valence-corrected chi connectivity index (χ2v) is 5.61. The number of likely N-dealkylation sites (N-methyl/N-ethyl adjacent to an activating group) is 1. The van der Waals surface area contributed by atoms with E-state index in [0.29, 0.717) is 0 Å². The number of rotatable bonds is 10. The van der Waals surface area contributed by atoms with Crippen LogP contribution in [0.2, 0.25) is 5.02 Å². The van der Waals surface area contributed by atoms with E-state index >= 15 is 0 Å². The predicted molar refractivity (Wildman–Crippen MR) is 84.8 cm³/mol. The van der Waals surface area contributed by atoms with Crippen molar-refractivity contribution in [1.82, 2.24) is 10.2 Å². The van der Waals surface area contributed by atoms with Crippen LogP contribution in [0, 0.1) is 0 Å². The summed E-state index contributed by atoms with van der Waals surface area (Å²) in [6.07, 6.45) is 5.31. The minimum atomic E-state index is 0.819. The van der Waals surface area contributed by atoms with Crippen LogP contribution in [-0.4, -0.2) is 31.6 Å². The average Bonchev–Trinajstić information content (AvgIpc) is 2.37. The van der Waals surface area contributed by atoms with Gasteiger partial charge in [-0.25, -0.2) is 0 Å². The Kier molecular flexibility index (Phi) is 8.89. The monoisotopic (exact) mass is 282 g/mol. The van der Waals surface area contributed by atoms with Gasteiger partial charge in [0.2, 0.25) is 0 Å². The first-order valence-electron chi connectivity index (χ1n) is 7.36. The Balaban J connectivity index is 2.06. The number of nitrogens with zero attached hydrogens (tertiary/aromatic N) is 1. The van der Waals surface area contributed by atoms with E-state index in [2.05, 4.69) is 30.3 Å². The van der Waals surface area contributed by atoms with Gasteiger partial charge in [-0.1, -0.05) is 49.9 Å². The molecule has 0 aromatic heterocycles. The normalized spacial score (nSPS) is 11.2. The highest BCUT2D eigenvalue weighted by Gasteiger charge is 2.00. The number of nitrogens with one attached hydrogen (secondary N) is 1. The minimum absolute atomic E-state index is 0.819. The lowest BCUT2D eigenvalue weighted by Gasteiger charge is -2.17. The van der Waals surface area contributed by atoms with Gasteiger partial charge < -0.3 is 10.2 Å². The first-order chi connectivity index (χ1) is 9.22. The van der Waals surface area contributed by atoms with Crippen LogP contribution in [0.25, 0.3) is 0 Å². The van der Waals surface area contributed by atoms with E-state index in [-0.39, 0.29) is 0 Å². The van der Waals surface area contributed by atoms with Crippen LogP contribution in [0.15, 0.2) is 24.3 Å². The Labute approximate surface area is 123 Å². The third-order valence-corrected chi connectivity index (χ3v) is 3.45. The van der Waals surface area contributed by atoms with E-state index in [4.69, 9.17) is 11.6 Å². The van der Waals surface area contributed by atoms with Crippen molar-refractivity contribution in [2.24, 2.45) is 0 Å². The van der Waals surface area contributed by atoms with Crippen LogP contribution in [0.3, 0.4) is 0 Å². The lowest BCUT2D eigenvalue weighted by atomic mass is 10.2. The molecule has 0 bridgehead atoms. The molecule has 2 nitrogen and oxygen atoms in total. The van der Waals surface area contributed by atoms with E-state index in [1.54, 1.807) is 0 Å². The Bertz CT molecular complexity index is 341. The molecule has 1 rings (SSSR count). The fraction of sp³-hybridized carbons (Fsp3) is 0.625. The number of benzene rings is 1. The quantitative estimate of drug-likeness (QED) is 0.654. The SMILES string of the molecule is CCCCCCNCCN(C)Cc1cccc(Cl)c1. The van der Waals surface area contributed by atoms with Gasteiger partial charge in [0.05, 0.1) is 0 Å². The van der Waals surface area contributed by atoms with E-state index in [9.17, 15) is 0 Å². The summed E-state index contributed by atoms with van der Waals surface area (Å²) in [5, 5.41) is 4.32. The highest BCUT2D eigenvalue weighted by molar-refractivity contribution is 6.30. The Morgan fingerprint density at radius 1 is 1.16 bits per heavy atom. The second-order valence-electron chi connectivity index (χ2n) is 5.18. The maximum absolute atomic E-state index is 5.98. The van der Waals surface area contributed by atoms with Crippen LogP contribution in [-0.2, 0) is 6.54 Å². The summed E-state index contributed by atoms with van der Waals surface area (Å²) >= 11 is 5.98. The molecule has 0 aliphatic heterocycles. The molecule has 0 unspecified atom stereocenters. The molecular formula is C16H27ClN2. The van der Waals surface area contributed by atoms with Crippen molar-refractivity contribution >= 4 is 11.6 Å². The number of unbranched alkanes of at least 4 members (excludes halogenated alkanes) is 3. The number of hydrogen-bond acceptors (Lipinski definition) is 2. The highest BCUT2D eigenvalue weighted by Crippen LogP contribution is 2.11. The topological polar surface area (TPSA) is 15.3 Å². The molecule has 1 aromatic carbocycles. The summed E-state index contributed by atoms with van der Waals surface area (Å²) in [6, 6.07) is 8.09. The van der Waals surface area contributed by atoms with Crippen molar-refractivity contribution < 1.29 is 0 Å². The van der Waals surface area contributed by atoms with E-state index < -0.39 is 0 Å². The maximum Gasteiger partial charge on any atom is 0.0409 e. The molecule has 1 aromatic rings. The molecule has 1 N–H and O–H groups in total. The van der Waals surface area contributed by atoms with Gasteiger partial charge >= 0.3 is 0 Å². The van der Waals surface area contributed by atoms with Crippen molar-refractivity contribution in [2.75, 3.05) is 26.7 Å². The molecule has 0 aliphatic rings.